The monoisotopic (exact) mass is 559 g/mol. The largest absolute Gasteiger partial charge is 0.497 e. The Balaban J connectivity index is 0.00000363. The third kappa shape index (κ3) is 6.73. The van der Waals surface area contributed by atoms with E-state index in [1.165, 1.54) is 5.56 Å². The standard InChI is InChI=1S/C24H37N3O4.HI/c1-4-25-23(27-14-6-7-19(17-27)22(28)31-5-2)26-18-24(12-15-30-16-13-24)20-8-10-21(29-3)11-9-20;/h8-11,19H,4-7,12-18H2,1-3H3,(H,25,26);1H. The fourth-order valence-electron chi connectivity index (χ4n) is 4.52. The summed E-state index contributed by atoms with van der Waals surface area (Å²) in [6, 6.07) is 8.36. The molecule has 1 atom stereocenters. The third-order valence-electron chi connectivity index (χ3n) is 6.36. The van der Waals surface area contributed by atoms with Crippen LogP contribution in [0.25, 0.3) is 0 Å². The first-order valence-corrected chi connectivity index (χ1v) is 11.5. The van der Waals surface area contributed by atoms with E-state index in [9.17, 15) is 4.79 Å². The number of methoxy groups -OCH3 is 1. The number of likely N-dealkylation sites (tertiary alicyclic amines) is 1. The molecular weight excluding hydrogens is 521 g/mol. The summed E-state index contributed by atoms with van der Waals surface area (Å²) >= 11 is 0. The quantitative estimate of drug-likeness (QED) is 0.238. The van der Waals surface area contributed by atoms with Gasteiger partial charge in [-0.05, 0) is 57.2 Å². The van der Waals surface area contributed by atoms with Crippen LogP contribution >= 0.6 is 24.0 Å². The highest BCUT2D eigenvalue weighted by molar-refractivity contribution is 14.0. The molecule has 0 radical (unpaired) electrons. The van der Waals surface area contributed by atoms with Gasteiger partial charge in [-0.2, -0.15) is 0 Å². The van der Waals surface area contributed by atoms with Crippen molar-refractivity contribution in [3.8, 4) is 5.75 Å². The van der Waals surface area contributed by atoms with E-state index in [1.807, 2.05) is 19.1 Å². The molecule has 0 amide bonds. The van der Waals surface area contributed by atoms with E-state index in [-0.39, 0.29) is 41.3 Å². The number of benzene rings is 1. The van der Waals surface area contributed by atoms with E-state index in [0.29, 0.717) is 19.7 Å². The smallest absolute Gasteiger partial charge is 0.310 e. The number of nitrogens with one attached hydrogen (secondary N) is 1. The molecule has 8 heteroatoms. The van der Waals surface area contributed by atoms with Crippen LogP contribution in [-0.2, 0) is 19.7 Å². The number of nitrogens with zero attached hydrogens (tertiary/aromatic N) is 2. The predicted octanol–water partition coefficient (Wildman–Crippen LogP) is 3.60. The van der Waals surface area contributed by atoms with Gasteiger partial charge in [0.15, 0.2) is 5.96 Å². The van der Waals surface area contributed by atoms with Crippen LogP contribution < -0.4 is 10.1 Å². The SMILES string of the molecule is CCNC(=NCC1(c2ccc(OC)cc2)CCOCC1)N1CCCC(C(=O)OCC)C1.I. The predicted molar refractivity (Wildman–Crippen MR) is 137 cm³/mol. The highest BCUT2D eigenvalue weighted by atomic mass is 127. The lowest BCUT2D eigenvalue weighted by atomic mass is 9.74. The van der Waals surface area contributed by atoms with Crippen molar-refractivity contribution in [3.05, 3.63) is 29.8 Å². The molecule has 2 fully saturated rings. The Morgan fingerprint density at radius 3 is 2.59 bits per heavy atom. The van der Waals surface area contributed by atoms with E-state index >= 15 is 0 Å². The second kappa shape index (κ2) is 13.2. The number of hydrogen-bond acceptors (Lipinski definition) is 5. The van der Waals surface area contributed by atoms with Gasteiger partial charge in [-0.15, -0.1) is 24.0 Å². The van der Waals surface area contributed by atoms with Crippen LogP contribution in [0.15, 0.2) is 29.3 Å². The Morgan fingerprint density at radius 2 is 1.97 bits per heavy atom. The van der Waals surface area contributed by atoms with E-state index < -0.39 is 0 Å². The van der Waals surface area contributed by atoms with Gasteiger partial charge in [-0.1, -0.05) is 12.1 Å². The van der Waals surface area contributed by atoms with E-state index in [2.05, 4.69) is 29.3 Å². The summed E-state index contributed by atoms with van der Waals surface area (Å²) in [4.78, 5) is 19.6. The molecular formula is C24H38IN3O4. The Labute approximate surface area is 209 Å². The summed E-state index contributed by atoms with van der Waals surface area (Å²) < 4.78 is 16.3. The van der Waals surface area contributed by atoms with Crippen LogP contribution in [0.5, 0.6) is 5.75 Å². The number of halogens is 1. The summed E-state index contributed by atoms with van der Waals surface area (Å²) in [5.74, 6) is 1.57. The number of guanidine groups is 1. The van der Waals surface area contributed by atoms with Gasteiger partial charge in [-0.25, -0.2) is 0 Å². The molecule has 0 saturated carbocycles. The molecule has 2 aliphatic heterocycles. The summed E-state index contributed by atoms with van der Waals surface area (Å²) in [6.45, 7) is 8.88. The van der Waals surface area contributed by atoms with Crippen molar-refractivity contribution in [1.82, 2.24) is 10.2 Å². The summed E-state index contributed by atoms with van der Waals surface area (Å²) in [5, 5.41) is 3.44. The van der Waals surface area contributed by atoms with Gasteiger partial charge >= 0.3 is 5.97 Å². The van der Waals surface area contributed by atoms with Crippen LogP contribution in [0.2, 0.25) is 0 Å². The van der Waals surface area contributed by atoms with Crippen LogP contribution in [0, 0.1) is 5.92 Å². The molecule has 7 nitrogen and oxygen atoms in total. The maximum Gasteiger partial charge on any atom is 0.310 e. The zero-order valence-corrected chi connectivity index (χ0v) is 21.9. The lowest BCUT2D eigenvalue weighted by Crippen LogP contribution is -2.49. The Kier molecular flexibility index (Phi) is 11.0. The average molecular weight is 559 g/mol. The van der Waals surface area contributed by atoms with Crippen molar-refractivity contribution in [3.63, 3.8) is 0 Å². The average Bonchev–Trinajstić information content (AvgIpc) is 2.82. The topological polar surface area (TPSA) is 72.4 Å². The van der Waals surface area contributed by atoms with E-state index in [1.54, 1.807) is 7.11 Å². The number of carbonyl (C=O) groups excluding carboxylic acids is 1. The second-order valence-corrected chi connectivity index (χ2v) is 8.33. The van der Waals surface area contributed by atoms with E-state index in [4.69, 9.17) is 19.2 Å². The fourth-order valence-corrected chi connectivity index (χ4v) is 4.52. The molecule has 32 heavy (non-hydrogen) atoms. The number of rotatable bonds is 7. The fraction of sp³-hybridized carbons (Fsp3) is 0.667. The molecule has 2 aliphatic rings. The van der Waals surface area contributed by atoms with Crippen LogP contribution in [-0.4, -0.2) is 69.9 Å². The molecule has 0 bridgehead atoms. The molecule has 0 aromatic heterocycles. The molecule has 1 aromatic rings. The number of carbonyl (C=O) groups is 1. The minimum Gasteiger partial charge on any atom is -0.497 e. The molecule has 1 aromatic carbocycles. The second-order valence-electron chi connectivity index (χ2n) is 8.33. The third-order valence-corrected chi connectivity index (χ3v) is 6.36. The maximum absolute atomic E-state index is 12.3. The van der Waals surface area contributed by atoms with Crippen molar-refractivity contribution in [2.24, 2.45) is 10.9 Å². The van der Waals surface area contributed by atoms with Gasteiger partial charge in [0.05, 0.1) is 26.2 Å². The molecule has 2 heterocycles. The molecule has 1 unspecified atom stereocenters. The molecule has 2 saturated heterocycles. The van der Waals surface area contributed by atoms with Gasteiger partial charge in [0.25, 0.3) is 0 Å². The Morgan fingerprint density at radius 1 is 1.25 bits per heavy atom. The van der Waals surface area contributed by atoms with Gasteiger partial charge in [-0.3, -0.25) is 9.79 Å². The van der Waals surface area contributed by atoms with Crippen molar-refractivity contribution in [2.75, 3.05) is 53.1 Å². The van der Waals surface area contributed by atoms with Crippen LogP contribution in [0.1, 0.15) is 45.1 Å². The molecule has 3 rings (SSSR count). The summed E-state index contributed by atoms with van der Waals surface area (Å²) in [6.07, 6.45) is 3.72. The number of hydrogen-bond donors (Lipinski definition) is 1. The van der Waals surface area contributed by atoms with E-state index in [0.717, 1.165) is 63.7 Å². The minimum atomic E-state index is -0.0952. The molecule has 1 N–H and O–H groups in total. The zero-order valence-electron chi connectivity index (χ0n) is 19.6. The lowest BCUT2D eigenvalue weighted by Gasteiger charge is -2.38. The zero-order chi connectivity index (χ0) is 22.1. The summed E-state index contributed by atoms with van der Waals surface area (Å²) in [5.41, 5.74) is 1.22. The van der Waals surface area contributed by atoms with Gasteiger partial charge in [0.1, 0.15) is 5.75 Å². The van der Waals surface area contributed by atoms with Crippen molar-refractivity contribution in [2.45, 2.75) is 44.9 Å². The van der Waals surface area contributed by atoms with Crippen molar-refractivity contribution in [1.29, 1.82) is 0 Å². The molecule has 0 aliphatic carbocycles. The highest BCUT2D eigenvalue weighted by Gasteiger charge is 2.35. The first kappa shape index (κ1) is 26.7. The van der Waals surface area contributed by atoms with Crippen molar-refractivity contribution < 1.29 is 19.0 Å². The van der Waals surface area contributed by atoms with Gasteiger partial charge in [0, 0.05) is 38.3 Å². The first-order chi connectivity index (χ1) is 15.1. The van der Waals surface area contributed by atoms with Crippen molar-refractivity contribution >= 4 is 35.9 Å². The number of piperidine rings is 1. The lowest BCUT2D eigenvalue weighted by molar-refractivity contribution is -0.149. The molecule has 180 valence electrons. The van der Waals surface area contributed by atoms with Crippen LogP contribution in [0.4, 0.5) is 0 Å². The minimum absolute atomic E-state index is 0. The Hall–Kier alpha value is -1.55. The Bertz CT molecular complexity index is 735. The molecule has 0 spiro atoms. The van der Waals surface area contributed by atoms with Gasteiger partial charge in [0.2, 0.25) is 0 Å². The normalized spacial score (nSPS) is 20.8. The highest BCUT2D eigenvalue weighted by Crippen LogP contribution is 2.36. The number of ether oxygens (including phenoxy) is 3. The first-order valence-electron chi connectivity index (χ1n) is 11.5. The summed E-state index contributed by atoms with van der Waals surface area (Å²) in [7, 11) is 1.69. The van der Waals surface area contributed by atoms with Crippen LogP contribution in [0.3, 0.4) is 0 Å². The number of aliphatic imine (C=N–C) groups is 1. The maximum atomic E-state index is 12.3. The number of esters is 1. The van der Waals surface area contributed by atoms with Gasteiger partial charge < -0.3 is 24.4 Å².